The van der Waals surface area contributed by atoms with Crippen LogP contribution in [-0.2, 0) is 41.4 Å². The zero-order chi connectivity index (χ0) is 34.2. The summed E-state index contributed by atoms with van der Waals surface area (Å²) < 4.78 is 10.4. The number of hydrogen-bond donors (Lipinski definition) is 2. The second-order valence-electron chi connectivity index (χ2n) is 7.80. The normalized spacial score (nSPS) is 8.67. The first-order valence-electron chi connectivity index (χ1n) is 12.4. The summed E-state index contributed by atoms with van der Waals surface area (Å²) in [5.41, 5.74) is 7.49. The minimum Gasteiger partial charge on any atom is -0.496 e. The second-order valence-corrected chi connectivity index (χ2v) is 7.80. The monoisotopic (exact) mass is 774 g/mol. The number of para-hydroxylation sites is 2. The standard InChI is InChI=1S/2C14H13N3O2.2NO3.4H2O.Zn/c2*1-19-13-5-3-2-4-12(13)10-16-17-14(18)11-6-8-15-9-7-11;2*2-1(3)4;;;;;/h2*2-10H,1H3,(H,17,18);;;4*1H2;/q;;2*-1;;;;;+2/p+4/b2*16-10+;;;;;;;. The summed E-state index contributed by atoms with van der Waals surface area (Å²) in [6.07, 6.45) is 9.30. The zero-order valence-corrected chi connectivity index (χ0v) is 30.1. The molecule has 0 radical (unpaired) electrons. The van der Waals surface area contributed by atoms with Gasteiger partial charge in [-0.3, -0.25) is 19.6 Å². The number of ether oxygens (including phenoxy) is 2. The van der Waals surface area contributed by atoms with Crippen LogP contribution in [0.3, 0.4) is 0 Å². The van der Waals surface area contributed by atoms with E-state index >= 15 is 0 Å². The number of pyridine rings is 2. The molecular formula is C28H38N8O14Zn+4. The van der Waals surface area contributed by atoms with Crippen LogP contribution in [0, 0.1) is 30.6 Å². The summed E-state index contributed by atoms with van der Waals surface area (Å²) >= 11 is 0. The van der Waals surface area contributed by atoms with Gasteiger partial charge in [-0.05, 0) is 48.5 Å². The van der Waals surface area contributed by atoms with Crippen molar-refractivity contribution in [2.45, 2.75) is 0 Å². The molecule has 14 N–H and O–H groups in total. The molecule has 2 amide bonds. The average Bonchev–Trinajstić information content (AvgIpc) is 3.05. The molecule has 0 fully saturated rings. The molecule has 2 heterocycles. The Hall–Kier alpha value is -6.52. The maximum atomic E-state index is 11.7. The van der Waals surface area contributed by atoms with Gasteiger partial charge in [-0.15, -0.1) is 0 Å². The predicted octanol–water partition coefficient (Wildman–Crippen LogP) is -0.460. The van der Waals surface area contributed by atoms with Crippen LogP contribution in [0.2, 0.25) is 0 Å². The first-order valence-corrected chi connectivity index (χ1v) is 12.4. The molecule has 2 aromatic heterocycles. The molecule has 22 nitrogen and oxygen atoms in total. The van der Waals surface area contributed by atoms with Gasteiger partial charge < -0.3 is 62.0 Å². The Morgan fingerprint density at radius 2 is 0.882 bits per heavy atom. The molecule has 0 unspecified atom stereocenters. The number of hydrazone groups is 2. The van der Waals surface area contributed by atoms with E-state index in [1.54, 1.807) is 63.3 Å². The van der Waals surface area contributed by atoms with Crippen LogP contribution < -0.4 is 20.3 Å². The van der Waals surface area contributed by atoms with Crippen molar-refractivity contribution < 1.29 is 70.6 Å². The van der Waals surface area contributed by atoms with Crippen molar-refractivity contribution in [2.75, 3.05) is 14.2 Å². The van der Waals surface area contributed by atoms with E-state index < -0.39 is 10.2 Å². The predicted molar refractivity (Wildman–Crippen MR) is 185 cm³/mol. The Bertz CT molecular complexity index is 1480. The van der Waals surface area contributed by atoms with E-state index in [0.29, 0.717) is 22.6 Å². The molecular weight excluding hydrogens is 738 g/mol. The van der Waals surface area contributed by atoms with E-state index in [1.807, 2.05) is 48.5 Å². The molecule has 0 bridgehead atoms. The van der Waals surface area contributed by atoms with Gasteiger partial charge in [0.15, 0.2) is 0 Å². The second kappa shape index (κ2) is 32.1. The smallest absolute Gasteiger partial charge is 0.496 e. The maximum absolute atomic E-state index is 11.7. The SMILES string of the molecule is COc1ccccc1/C=N/NC(=O)c1ccncc1.COc1ccccc1/C=N/NC(=O)c1ccncc1.O=[N+]([O-])[O-].O=[N+]([O-])[O-].[OH3+].[OH3+].[OH3+].[OH3+].[Zn+2]. The van der Waals surface area contributed by atoms with Gasteiger partial charge in [0.1, 0.15) is 11.5 Å². The van der Waals surface area contributed by atoms with E-state index in [-0.39, 0.29) is 53.2 Å². The van der Waals surface area contributed by atoms with Crippen molar-refractivity contribution in [1.29, 1.82) is 0 Å². The van der Waals surface area contributed by atoms with Crippen molar-refractivity contribution >= 4 is 24.2 Å². The van der Waals surface area contributed by atoms with Gasteiger partial charge in [0, 0.05) is 47.0 Å². The van der Waals surface area contributed by atoms with Crippen molar-refractivity contribution in [3.8, 4) is 11.5 Å². The summed E-state index contributed by atoms with van der Waals surface area (Å²) in [6.45, 7) is 0. The summed E-state index contributed by atoms with van der Waals surface area (Å²) in [5.74, 6) is 0.830. The average molecular weight is 776 g/mol. The molecule has 4 rings (SSSR count). The Kier molecular flexibility index (Phi) is 33.9. The van der Waals surface area contributed by atoms with E-state index in [1.165, 1.54) is 12.4 Å². The zero-order valence-electron chi connectivity index (χ0n) is 27.2. The number of nitrogens with one attached hydrogen (secondary N) is 2. The largest absolute Gasteiger partial charge is 2.00 e. The topological polar surface area (TPSA) is 392 Å². The van der Waals surface area contributed by atoms with Crippen molar-refractivity contribution in [2.24, 2.45) is 10.2 Å². The summed E-state index contributed by atoms with van der Waals surface area (Å²) in [5, 5.41) is 37.3. The van der Waals surface area contributed by atoms with E-state index in [0.717, 1.165) is 11.1 Å². The number of carbonyl (C=O) groups is 2. The molecule has 0 aliphatic heterocycles. The number of rotatable bonds is 8. The Balaban J connectivity index is -0.000000211. The third kappa shape index (κ3) is 24.3. The van der Waals surface area contributed by atoms with Crippen LogP contribution in [0.15, 0.2) is 108 Å². The molecule has 0 saturated heterocycles. The molecule has 23 heteroatoms. The molecule has 2 aromatic carbocycles. The van der Waals surface area contributed by atoms with Crippen LogP contribution in [-0.4, -0.2) is 58.6 Å². The first kappa shape index (κ1) is 54.0. The third-order valence-corrected chi connectivity index (χ3v) is 4.90. The minimum absolute atomic E-state index is 0. The van der Waals surface area contributed by atoms with Crippen LogP contribution in [0.1, 0.15) is 31.8 Å². The molecule has 0 spiro atoms. The Morgan fingerprint density at radius 3 is 1.16 bits per heavy atom. The van der Waals surface area contributed by atoms with Crippen LogP contribution >= 0.6 is 0 Å². The van der Waals surface area contributed by atoms with Crippen LogP contribution in [0.25, 0.3) is 0 Å². The van der Waals surface area contributed by atoms with Crippen molar-refractivity contribution in [3.63, 3.8) is 0 Å². The fourth-order valence-electron chi connectivity index (χ4n) is 3.00. The number of hydrogen-bond acceptors (Lipinski definition) is 14. The summed E-state index contributed by atoms with van der Waals surface area (Å²) in [6, 6.07) is 21.3. The summed E-state index contributed by atoms with van der Waals surface area (Å²) in [4.78, 5) is 47.6. The minimum atomic E-state index is -1.75. The van der Waals surface area contributed by atoms with Gasteiger partial charge in [-0.1, -0.05) is 24.3 Å². The van der Waals surface area contributed by atoms with Gasteiger partial charge >= 0.3 is 19.5 Å². The fourth-order valence-corrected chi connectivity index (χ4v) is 3.00. The molecule has 4 aromatic rings. The Labute approximate surface area is 301 Å². The van der Waals surface area contributed by atoms with Crippen molar-refractivity contribution in [3.05, 3.63) is 150 Å². The van der Waals surface area contributed by atoms with E-state index in [9.17, 15) is 9.59 Å². The first-order chi connectivity index (χ1) is 22.1. The van der Waals surface area contributed by atoms with Gasteiger partial charge in [-0.25, -0.2) is 10.9 Å². The van der Waals surface area contributed by atoms with Gasteiger partial charge in [0.2, 0.25) is 0 Å². The third-order valence-electron chi connectivity index (χ3n) is 4.90. The number of methoxy groups -OCH3 is 2. The molecule has 0 atom stereocenters. The number of aromatic nitrogens is 2. The molecule has 272 valence electrons. The number of carbonyl (C=O) groups excluding carboxylic acids is 2. The summed E-state index contributed by atoms with van der Waals surface area (Å²) in [7, 11) is 3.17. The van der Waals surface area contributed by atoms with Crippen molar-refractivity contribution in [1.82, 2.24) is 20.8 Å². The number of benzene rings is 2. The Morgan fingerprint density at radius 1 is 0.608 bits per heavy atom. The maximum Gasteiger partial charge on any atom is 2.00 e. The van der Waals surface area contributed by atoms with Gasteiger partial charge in [0.25, 0.3) is 11.8 Å². The van der Waals surface area contributed by atoms with Crippen LogP contribution in [0.5, 0.6) is 11.5 Å². The fraction of sp³-hybridized carbons (Fsp3) is 0.0714. The van der Waals surface area contributed by atoms with Gasteiger partial charge in [-0.2, -0.15) is 10.2 Å². The molecule has 0 aliphatic carbocycles. The molecule has 51 heavy (non-hydrogen) atoms. The molecule has 0 saturated carbocycles. The van der Waals surface area contributed by atoms with E-state index in [2.05, 4.69) is 31.0 Å². The van der Waals surface area contributed by atoms with E-state index in [4.69, 9.17) is 40.1 Å². The molecule has 0 aliphatic rings. The number of amides is 2. The quantitative estimate of drug-likeness (QED) is 0.0755. The van der Waals surface area contributed by atoms with Crippen LogP contribution in [0.4, 0.5) is 0 Å². The number of nitrogens with zero attached hydrogens (tertiary/aromatic N) is 6. The van der Waals surface area contributed by atoms with Gasteiger partial charge in [0.05, 0.1) is 36.8 Å².